The first kappa shape index (κ1) is 14.5. The highest BCUT2D eigenvalue weighted by Gasteiger charge is 2.19. The number of nitrogens with zero attached hydrogens (tertiary/aromatic N) is 2. The molecule has 2 rings (SSSR count). The Labute approximate surface area is 118 Å². The molecule has 0 spiro atoms. The van der Waals surface area contributed by atoms with Crippen molar-refractivity contribution in [1.82, 2.24) is 9.55 Å². The van der Waals surface area contributed by atoms with Gasteiger partial charge in [-0.15, -0.1) is 0 Å². The number of benzene rings is 1. The second-order valence-corrected chi connectivity index (χ2v) is 4.43. The van der Waals surface area contributed by atoms with Gasteiger partial charge in [0.05, 0.1) is 21.7 Å². The Balaban J connectivity index is 2.86. The van der Waals surface area contributed by atoms with Crippen molar-refractivity contribution in [2.75, 3.05) is 0 Å². The van der Waals surface area contributed by atoms with E-state index in [0.29, 0.717) is 0 Å². The number of aromatic hydroxyl groups is 1. The molecule has 0 fully saturated rings. The lowest BCUT2D eigenvalue weighted by Gasteiger charge is -2.12. The summed E-state index contributed by atoms with van der Waals surface area (Å²) in [4.78, 5) is 36.0. The van der Waals surface area contributed by atoms with Crippen molar-refractivity contribution in [3.8, 4) is 11.6 Å². The summed E-state index contributed by atoms with van der Waals surface area (Å²) in [6.07, 6.45) is 0.218. The van der Waals surface area contributed by atoms with Gasteiger partial charge in [0.1, 0.15) is 0 Å². The predicted octanol–water partition coefficient (Wildman–Crippen LogP) is 1.01. The molecule has 2 N–H and O–H groups in total. The van der Waals surface area contributed by atoms with Crippen molar-refractivity contribution in [3.63, 3.8) is 0 Å². The van der Waals surface area contributed by atoms with Crippen LogP contribution in [0.5, 0.6) is 5.88 Å². The van der Waals surface area contributed by atoms with E-state index >= 15 is 0 Å². The van der Waals surface area contributed by atoms with E-state index < -0.39 is 22.1 Å². The quantitative estimate of drug-likeness (QED) is 0.646. The molecular formula is C13H13N3O5. The fourth-order valence-electron chi connectivity index (χ4n) is 2.15. The molecule has 8 heteroatoms. The molecule has 1 aromatic heterocycles. The molecule has 0 saturated heterocycles. The first-order valence-corrected chi connectivity index (χ1v) is 6.20. The molecule has 0 amide bonds. The Bertz CT molecular complexity index is 835. The number of hydrogen-bond acceptors (Lipinski definition) is 5. The van der Waals surface area contributed by atoms with Gasteiger partial charge in [-0.1, -0.05) is 13.0 Å². The van der Waals surface area contributed by atoms with Crippen LogP contribution in [0.4, 0.5) is 5.69 Å². The number of hydrogen-bond donors (Lipinski definition) is 2. The summed E-state index contributed by atoms with van der Waals surface area (Å²) in [5.74, 6) is -0.505. The molecular weight excluding hydrogens is 278 g/mol. The maximum atomic E-state index is 11.9. The summed E-state index contributed by atoms with van der Waals surface area (Å²) in [7, 11) is 0. The smallest absolute Gasteiger partial charge is 0.335 e. The van der Waals surface area contributed by atoms with Crippen LogP contribution in [0.3, 0.4) is 0 Å². The van der Waals surface area contributed by atoms with Gasteiger partial charge in [0.15, 0.2) is 0 Å². The van der Waals surface area contributed by atoms with Crippen LogP contribution >= 0.6 is 0 Å². The minimum absolute atomic E-state index is 0.0421. The van der Waals surface area contributed by atoms with Crippen LogP contribution in [0.15, 0.2) is 27.8 Å². The van der Waals surface area contributed by atoms with Gasteiger partial charge in [0.25, 0.3) is 11.2 Å². The van der Waals surface area contributed by atoms with Crippen molar-refractivity contribution in [2.45, 2.75) is 20.3 Å². The largest absolute Gasteiger partial charge is 0.494 e. The zero-order valence-electron chi connectivity index (χ0n) is 11.4. The third kappa shape index (κ3) is 2.31. The van der Waals surface area contributed by atoms with E-state index in [1.54, 1.807) is 6.92 Å². The highest BCUT2D eigenvalue weighted by Crippen LogP contribution is 2.26. The number of nitro benzene ring substituents is 1. The summed E-state index contributed by atoms with van der Waals surface area (Å²) in [6, 6.07) is 4.16. The first-order chi connectivity index (χ1) is 9.88. The highest BCUT2D eigenvalue weighted by molar-refractivity contribution is 5.54. The van der Waals surface area contributed by atoms with Gasteiger partial charge in [-0.25, -0.2) is 9.36 Å². The molecule has 0 aliphatic heterocycles. The van der Waals surface area contributed by atoms with E-state index in [4.69, 9.17) is 0 Å². The van der Waals surface area contributed by atoms with Crippen molar-refractivity contribution < 1.29 is 10.0 Å². The Morgan fingerprint density at radius 3 is 2.62 bits per heavy atom. The maximum absolute atomic E-state index is 11.9. The van der Waals surface area contributed by atoms with Crippen LogP contribution in [0, 0.1) is 17.0 Å². The molecule has 0 aliphatic carbocycles. The molecule has 2 aromatic rings. The van der Waals surface area contributed by atoms with E-state index in [-0.39, 0.29) is 28.9 Å². The minimum atomic E-state index is -0.849. The Hall–Kier alpha value is -2.90. The van der Waals surface area contributed by atoms with Crippen LogP contribution in [0.2, 0.25) is 0 Å². The summed E-state index contributed by atoms with van der Waals surface area (Å²) in [5, 5.41) is 21.1. The van der Waals surface area contributed by atoms with E-state index in [1.807, 2.05) is 0 Å². The topological polar surface area (TPSA) is 118 Å². The molecule has 110 valence electrons. The van der Waals surface area contributed by atoms with Crippen LogP contribution in [-0.2, 0) is 6.42 Å². The van der Waals surface area contributed by atoms with E-state index in [0.717, 1.165) is 4.57 Å². The van der Waals surface area contributed by atoms with Gasteiger partial charge in [0, 0.05) is 6.07 Å². The summed E-state index contributed by atoms with van der Waals surface area (Å²) in [6.45, 7) is 3.12. The molecule has 8 nitrogen and oxygen atoms in total. The third-order valence-electron chi connectivity index (χ3n) is 3.25. The standard InChI is InChI=1S/C13H13N3O5/c1-3-8-11(17)14-13(19)15(12(8)18)9-5-4-6-10(7(9)2)16(20)21/h4-6,18H,3H2,1-2H3,(H,14,17,19). The lowest BCUT2D eigenvalue weighted by atomic mass is 10.1. The predicted molar refractivity (Wildman–Crippen MR) is 75.1 cm³/mol. The first-order valence-electron chi connectivity index (χ1n) is 6.20. The van der Waals surface area contributed by atoms with Crippen molar-refractivity contribution in [2.24, 2.45) is 0 Å². The number of H-pyrrole nitrogens is 1. The van der Waals surface area contributed by atoms with E-state index in [2.05, 4.69) is 4.98 Å². The molecule has 0 unspecified atom stereocenters. The number of nitrogens with one attached hydrogen (secondary N) is 1. The molecule has 0 aliphatic rings. The van der Waals surface area contributed by atoms with Crippen molar-refractivity contribution >= 4 is 5.69 Å². The normalized spacial score (nSPS) is 10.6. The number of aromatic nitrogens is 2. The summed E-state index contributed by atoms with van der Waals surface area (Å²) in [5.41, 5.74) is -1.28. The molecule has 1 heterocycles. The lowest BCUT2D eigenvalue weighted by Crippen LogP contribution is -2.31. The van der Waals surface area contributed by atoms with Crippen LogP contribution in [0.25, 0.3) is 5.69 Å². The van der Waals surface area contributed by atoms with E-state index in [1.165, 1.54) is 25.1 Å². The Morgan fingerprint density at radius 1 is 1.38 bits per heavy atom. The Kier molecular flexibility index (Phi) is 3.62. The van der Waals surface area contributed by atoms with Crippen molar-refractivity contribution in [1.29, 1.82) is 0 Å². The van der Waals surface area contributed by atoms with Crippen LogP contribution in [-0.4, -0.2) is 19.6 Å². The monoisotopic (exact) mass is 291 g/mol. The van der Waals surface area contributed by atoms with Gasteiger partial charge in [0.2, 0.25) is 5.88 Å². The average Bonchev–Trinajstić information content (AvgIpc) is 2.40. The number of nitro groups is 1. The van der Waals surface area contributed by atoms with Crippen LogP contribution in [0.1, 0.15) is 18.1 Å². The van der Waals surface area contributed by atoms with Gasteiger partial charge in [-0.05, 0) is 19.4 Å². The molecule has 0 atom stereocenters. The molecule has 21 heavy (non-hydrogen) atoms. The van der Waals surface area contributed by atoms with E-state index in [9.17, 15) is 24.8 Å². The number of aromatic amines is 1. The fraction of sp³-hybridized carbons (Fsp3) is 0.231. The molecule has 0 bridgehead atoms. The van der Waals surface area contributed by atoms with Crippen molar-refractivity contribution in [3.05, 3.63) is 60.3 Å². The molecule has 0 radical (unpaired) electrons. The minimum Gasteiger partial charge on any atom is -0.494 e. The van der Waals surface area contributed by atoms with Gasteiger partial charge < -0.3 is 5.11 Å². The van der Waals surface area contributed by atoms with Gasteiger partial charge in [-0.3, -0.25) is 19.9 Å². The zero-order chi connectivity index (χ0) is 15.7. The SMILES string of the molecule is CCc1c(O)n(-c2cccc([N+](=O)[O-])c2C)c(=O)[nH]c1=O. The van der Waals surface area contributed by atoms with Gasteiger partial charge in [-0.2, -0.15) is 0 Å². The summed E-state index contributed by atoms with van der Waals surface area (Å²) >= 11 is 0. The highest BCUT2D eigenvalue weighted by atomic mass is 16.6. The second kappa shape index (κ2) is 5.23. The molecule has 1 aromatic carbocycles. The average molecular weight is 291 g/mol. The second-order valence-electron chi connectivity index (χ2n) is 4.43. The maximum Gasteiger partial charge on any atom is 0.335 e. The van der Waals surface area contributed by atoms with Crippen LogP contribution < -0.4 is 11.2 Å². The zero-order valence-corrected chi connectivity index (χ0v) is 11.4. The lowest BCUT2D eigenvalue weighted by molar-refractivity contribution is -0.385. The summed E-state index contributed by atoms with van der Waals surface area (Å²) < 4.78 is 0.864. The Morgan fingerprint density at radius 2 is 2.05 bits per heavy atom. The van der Waals surface area contributed by atoms with Gasteiger partial charge >= 0.3 is 5.69 Å². The molecule has 0 saturated carbocycles. The third-order valence-corrected chi connectivity index (χ3v) is 3.25. The fourth-order valence-corrected chi connectivity index (χ4v) is 2.15. The number of rotatable bonds is 3.